The number of nitrogens with zero attached hydrogens (tertiary/aromatic N) is 1. The van der Waals surface area contributed by atoms with E-state index < -0.39 is 0 Å². The van der Waals surface area contributed by atoms with Crippen LogP contribution in [0.25, 0.3) is 0 Å². The van der Waals surface area contributed by atoms with E-state index >= 15 is 0 Å². The fourth-order valence-electron chi connectivity index (χ4n) is 5.23. The zero-order valence-electron chi connectivity index (χ0n) is 18.8. The normalized spacial score (nSPS) is 19.2. The highest BCUT2D eigenvalue weighted by Gasteiger charge is 2.43. The summed E-state index contributed by atoms with van der Waals surface area (Å²) >= 11 is 2.24. The van der Waals surface area contributed by atoms with Crippen molar-refractivity contribution in [2.75, 3.05) is 20.3 Å². The minimum atomic E-state index is -0.329. The van der Waals surface area contributed by atoms with Crippen molar-refractivity contribution in [2.45, 2.75) is 57.8 Å². The molecule has 0 atom stereocenters. The highest BCUT2D eigenvalue weighted by molar-refractivity contribution is 14.1. The van der Waals surface area contributed by atoms with Crippen LogP contribution in [0.4, 0.5) is 0 Å². The standard InChI is InChI=1S/C26H30INO4/c1-4-12-28-18-8-6-10-20(29)24(18)23(25-19(28)9-7-11-21(25)30)16-14-17(27)26(32-13-5-2)22(15-16)31-3/h5,14-15,23H,2,4,6-13H2,1,3H3. The van der Waals surface area contributed by atoms with Gasteiger partial charge >= 0.3 is 0 Å². The Kier molecular flexibility index (Phi) is 7.08. The number of benzene rings is 1. The summed E-state index contributed by atoms with van der Waals surface area (Å²) in [5, 5.41) is 0. The number of methoxy groups -OCH3 is 1. The fourth-order valence-corrected chi connectivity index (χ4v) is 6.01. The van der Waals surface area contributed by atoms with Gasteiger partial charge in [0.05, 0.1) is 10.7 Å². The Morgan fingerprint density at radius 2 is 1.72 bits per heavy atom. The van der Waals surface area contributed by atoms with Crippen molar-refractivity contribution >= 4 is 34.2 Å². The van der Waals surface area contributed by atoms with E-state index in [2.05, 4.69) is 41.0 Å². The van der Waals surface area contributed by atoms with Gasteiger partial charge in [-0.15, -0.1) is 0 Å². The summed E-state index contributed by atoms with van der Waals surface area (Å²) in [4.78, 5) is 28.9. The van der Waals surface area contributed by atoms with E-state index in [-0.39, 0.29) is 17.5 Å². The number of ketones is 2. The van der Waals surface area contributed by atoms with E-state index in [9.17, 15) is 9.59 Å². The van der Waals surface area contributed by atoms with E-state index in [4.69, 9.17) is 9.47 Å². The van der Waals surface area contributed by atoms with Crippen LogP contribution in [0.3, 0.4) is 0 Å². The summed E-state index contributed by atoms with van der Waals surface area (Å²) < 4.78 is 12.4. The smallest absolute Gasteiger partial charge is 0.174 e. The molecule has 1 aromatic carbocycles. The molecule has 0 unspecified atom stereocenters. The van der Waals surface area contributed by atoms with Crippen molar-refractivity contribution < 1.29 is 19.1 Å². The molecular weight excluding hydrogens is 517 g/mol. The fraction of sp³-hybridized carbons (Fsp3) is 0.462. The van der Waals surface area contributed by atoms with Crippen LogP contribution in [0.5, 0.6) is 11.5 Å². The molecule has 0 fully saturated rings. The number of rotatable bonds is 7. The van der Waals surface area contributed by atoms with Gasteiger partial charge in [0.2, 0.25) is 0 Å². The largest absolute Gasteiger partial charge is 0.493 e. The maximum absolute atomic E-state index is 13.3. The maximum atomic E-state index is 13.3. The predicted molar refractivity (Wildman–Crippen MR) is 133 cm³/mol. The van der Waals surface area contributed by atoms with Crippen LogP contribution in [0.15, 0.2) is 47.3 Å². The van der Waals surface area contributed by atoms with Crippen molar-refractivity contribution in [3.05, 3.63) is 56.5 Å². The van der Waals surface area contributed by atoms with Crippen molar-refractivity contribution in [3.63, 3.8) is 0 Å². The molecule has 0 N–H and O–H groups in total. The SMILES string of the molecule is C=CCOc1c(I)cc(C2C3=C(CCCC3=O)N(CCC)C3=C2C(=O)CCC3)cc1OC. The van der Waals surface area contributed by atoms with Gasteiger partial charge in [0.1, 0.15) is 6.61 Å². The van der Waals surface area contributed by atoms with Gasteiger partial charge in [-0.2, -0.15) is 0 Å². The lowest BCUT2D eigenvalue weighted by Gasteiger charge is -2.44. The third kappa shape index (κ3) is 4.02. The number of Topliss-reactive ketones (excluding diaryl/α,β-unsaturated/α-hetero) is 2. The third-order valence-corrected chi connectivity index (χ3v) is 7.27. The Morgan fingerprint density at radius 3 is 2.25 bits per heavy atom. The Morgan fingerprint density at radius 1 is 1.09 bits per heavy atom. The van der Waals surface area contributed by atoms with Gasteiger partial charge in [-0.05, 0) is 72.4 Å². The second kappa shape index (κ2) is 9.81. The second-order valence-corrected chi connectivity index (χ2v) is 9.65. The third-order valence-electron chi connectivity index (χ3n) is 6.46. The number of ether oxygens (including phenoxy) is 2. The van der Waals surface area contributed by atoms with Gasteiger partial charge in [-0.25, -0.2) is 0 Å². The second-order valence-electron chi connectivity index (χ2n) is 8.49. The lowest BCUT2D eigenvalue weighted by Crippen LogP contribution is -2.39. The first kappa shape index (κ1) is 23.1. The number of hydrogen-bond acceptors (Lipinski definition) is 5. The summed E-state index contributed by atoms with van der Waals surface area (Å²) in [6, 6.07) is 3.99. The van der Waals surface area contributed by atoms with E-state index in [0.717, 1.165) is 70.3 Å². The topological polar surface area (TPSA) is 55.8 Å². The van der Waals surface area contributed by atoms with Crippen molar-refractivity contribution in [3.8, 4) is 11.5 Å². The summed E-state index contributed by atoms with van der Waals surface area (Å²) in [6.45, 7) is 7.10. The Labute approximate surface area is 203 Å². The zero-order chi connectivity index (χ0) is 22.8. The molecule has 4 rings (SSSR count). The molecule has 32 heavy (non-hydrogen) atoms. The van der Waals surface area contributed by atoms with Gasteiger partial charge in [-0.3, -0.25) is 9.59 Å². The first-order valence-corrected chi connectivity index (χ1v) is 12.5. The van der Waals surface area contributed by atoms with Crippen LogP contribution in [0.2, 0.25) is 0 Å². The number of hydrogen-bond donors (Lipinski definition) is 0. The van der Waals surface area contributed by atoms with Gasteiger partial charge in [0, 0.05) is 47.8 Å². The van der Waals surface area contributed by atoms with Crippen LogP contribution in [-0.4, -0.2) is 36.7 Å². The Hall–Kier alpha value is -2.09. The number of halogens is 1. The van der Waals surface area contributed by atoms with E-state index in [1.807, 2.05) is 12.1 Å². The number of allylic oxidation sites excluding steroid dienone is 4. The summed E-state index contributed by atoms with van der Waals surface area (Å²) in [7, 11) is 1.62. The van der Waals surface area contributed by atoms with Gasteiger partial charge < -0.3 is 14.4 Å². The first-order chi connectivity index (χ1) is 15.5. The van der Waals surface area contributed by atoms with Gasteiger partial charge in [0.25, 0.3) is 0 Å². The molecule has 0 saturated carbocycles. The molecule has 0 radical (unpaired) electrons. The molecule has 1 heterocycles. The monoisotopic (exact) mass is 547 g/mol. The Balaban J connectivity index is 1.93. The molecule has 0 saturated heterocycles. The lowest BCUT2D eigenvalue weighted by atomic mass is 9.71. The van der Waals surface area contributed by atoms with E-state index in [1.54, 1.807) is 13.2 Å². The molecule has 1 aliphatic heterocycles. The zero-order valence-corrected chi connectivity index (χ0v) is 21.0. The molecular formula is C26H30INO4. The summed E-state index contributed by atoms with van der Waals surface area (Å²) in [5.74, 6) is 1.28. The molecule has 0 aromatic heterocycles. The van der Waals surface area contributed by atoms with Crippen LogP contribution in [-0.2, 0) is 9.59 Å². The van der Waals surface area contributed by atoms with Crippen LogP contribution >= 0.6 is 22.6 Å². The van der Waals surface area contributed by atoms with Crippen LogP contribution < -0.4 is 9.47 Å². The summed E-state index contributed by atoms with van der Waals surface area (Å²) in [5.41, 5.74) is 4.82. The van der Waals surface area contributed by atoms with E-state index in [1.165, 1.54) is 0 Å². The Bertz CT molecular complexity index is 979. The molecule has 0 bridgehead atoms. The molecule has 170 valence electrons. The lowest BCUT2D eigenvalue weighted by molar-refractivity contribution is -0.117. The highest BCUT2D eigenvalue weighted by atomic mass is 127. The highest BCUT2D eigenvalue weighted by Crippen LogP contribution is 2.50. The summed E-state index contributed by atoms with van der Waals surface area (Å²) in [6.07, 6.45) is 7.27. The van der Waals surface area contributed by atoms with Crippen molar-refractivity contribution in [2.24, 2.45) is 0 Å². The maximum Gasteiger partial charge on any atom is 0.174 e. The molecule has 0 amide bonds. The molecule has 6 heteroatoms. The minimum Gasteiger partial charge on any atom is -0.493 e. The number of carbonyl (C=O) groups excluding carboxylic acids is 2. The van der Waals surface area contributed by atoms with Crippen LogP contribution in [0.1, 0.15) is 63.4 Å². The molecule has 5 nitrogen and oxygen atoms in total. The quantitative estimate of drug-likeness (QED) is 0.325. The van der Waals surface area contributed by atoms with Gasteiger partial charge in [0.15, 0.2) is 23.1 Å². The molecule has 0 spiro atoms. The minimum absolute atomic E-state index is 0.170. The van der Waals surface area contributed by atoms with E-state index in [0.29, 0.717) is 30.9 Å². The average molecular weight is 547 g/mol. The van der Waals surface area contributed by atoms with Crippen molar-refractivity contribution in [1.82, 2.24) is 4.90 Å². The van der Waals surface area contributed by atoms with Crippen molar-refractivity contribution in [1.29, 1.82) is 0 Å². The average Bonchev–Trinajstić information content (AvgIpc) is 2.78. The molecule has 2 aliphatic carbocycles. The van der Waals surface area contributed by atoms with Gasteiger partial charge in [-0.1, -0.05) is 19.6 Å². The molecule has 3 aliphatic rings. The predicted octanol–water partition coefficient (Wildman–Crippen LogP) is 5.69. The van der Waals surface area contributed by atoms with Crippen LogP contribution in [0, 0.1) is 3.57 Å². The number of carbonyl (C=O) groups is 2. The molecule has 1 aromatic rings. The first-order valence-electron chi connectivity index (χ1n) is 11.4.